The molecule has 0 aromatic heterocycles. The van der Waals surface area contributed by atoms with Gasteiger partial charge < -0.3 is 10.1 Å². The molecule has 112 valence electrons. The van der Waals surface area contributed by atoms with E-state index in [-0.39, 0.29) is 17.5 Å². The van der Waals surface area contributed by atoms with Gasteiger partial charge in [0.25, 0.3) is 0 Å². The van der Waals surface area contributed by atoms with Crippen LogP contribution in [0.3, 0.4) is 0 Å². The van der Waals surface area contributed by atoms with Crippen molar-refractivity contribution in [1.29, 1.82) is 0 Å². The summed E-state index contributed by atoms with van der Waals surface area (Å²) in [4.78, 5) is 0. The quantitative estimate of drug-likeness (QED) is 0.870. The first kappa shape index (κ1) is 15.9. The predicted molar refractivity (Wildman–Crippen MR) is 83.5 cm³/mol. The van der Waals surface area contributed by atoms with Crippen molar-refractivity contribution < 1.29 is 9.13 Å². The second kappa shape index (κ2) is 7.01. The van der Waals surface area contributed by atoms with Crippen molar-refractivity contribution in [2.45, 2.75) is 51.2 Å². The molecular weight excluding hydrogens is 321 g/mol. The van der Waals surface area contributed by atoms with E-state index in [4.69, 9.17) is 4.74 Å². The second-order valence-electron chi connectivity index (χ2n) is 5.67. The molecule has 2 rings (SSSR count). The topological polar surface area (TPSA) is 21.3 Å². The third kappa shape index (κ3) is 3.80. The normalized spacial score (nSPS) is 24.6. The van der Waals surface area contributed by atoms with Gasteiger partial charge in [0.05, 0.1) is 5.60 Å². The van der Waals surface area contributed by atoms with E-state index in [1.165, 1.54) is 18.6 Å². The highest BCUT2D eigenvalue weighted by Crippen LogP contribution is 2.31. The minimum Gasteiger partial charge on any atom is -0.374 e. The molecule has 1 N–H and O–H groups in total. The summed E-state index contributed by atoms with van der Waals surface area (Å²) in [5.41, 5.74) is 0.981. The van der Waals surface area contributed by atoms with Crippen molar-refractivity contribution in [1.82, 2.24) is 5.32 Å². The SMILES string of the molecule is CCNC(Cc1ccc(F)cc1Br)C1(C)CCCCO1. The molecule has 1 aromatic carbocycles. The Morgan fingerprint density at radius 1 is 1.45 bits per heavy atom. The van der Waals surface area contributed by atoms with E-state index in [1.807, 2.05) is 6.07 Å². The highest BCUT2D eigenvalue weighted by atomic mass is 79.9. The Labute approximate surface area is 129 Å². The number of halogens is 2. The first-order chi connectivity index (χ1) is 9.55. The highest BCUT2D eigenvalue weighted by molar-refractivity contribution is 9.10. The number of hydrogen-bond acceptors (Lipinski definition) is 2. The largest absolute Gasteiger partial charge is 0.374 e. The van der Waals surface area contributed by atoms with Gasteiger partial charge in [0.1, 0.15) is 5.82 Å². The fourth-order valence-corrected chi connectivity index (χ4v) is 3.40. The Hall–Kier alpha value is -0.450. The van der Waals surface area contributed by atoms with Crippen molar-refractivity contribution in [3.05, 3.63) is 34.1 Å². The van der Waals surface area contributed by atoms with Crippen molar-refractivity contribution in [3.63, 3.8) is 0 Å². The lowest BCUT2D eigenvalue weighted by atomic mass is 9.84. The van der Waals surface area contributed by atoms with Gasteiger partial charge in [0.2, 0.25) is 0 Å². The summed E-state index contributed by atoms with van der Waals surface area (Å²) in [5, 5.41) is 3.54. The lowest BCUT2D eigenvalue weighted by molar-refractivity contribution is -0.0881. The minimum atomic E-state index is -0.208. The number of likely N-dealkylation sites (N-methyl/N-ethyl adjacent to an activating group) is 1. The molecule has 1 aromatic rings. The van der Waals surface area contributed by atoms with Gasteiger partial charge in [-0.15, -0.1) is 0 Å². The lowest BCUT2D eigenvalue weighted by Gasteiger charge is -2.41. The molecular formula is C16H23BrFNO. The van der Waals surface area contributed by atoms with E-state index in [2.05, 4.69) is 35.1 Å². The number of nitrogens with one attached hydrogen (secondary N) is 1. The van der Waals surface area contributed by atoms with Gasteiger partial charge in [-0.1, -0.05) is 28.9 Å². The number of ether oxygens (including phenoxy) is 1. The van der Waals surface area contributed by atoms with Gasteiger partial charge in [0, 0.05) is 17.1 Å². The van der Waals surface area contributed by atoms with Gasteiger partial charge in [-0.2, -0.15) is 0 Å². The highest BCUT2D eigenvalue weighted by Gasteiger charge is 2.36. The third-order valence-electron chi connectivity index (χ3n) is 4.13. The fraction of sp³-hybridized carbons (Fsp3) is 0.625. The van der Waals surface area contributed by atoms with Crippen LogP contribution in [0.15, 0.2) is 22.7 Å². The Kier molecular flexibility index (Phi) is 5.58. The maximum absolute atomic E-state index is 13.2. The van der Waals surface area contributed by atoms with Crippen LogP contribution in [-0.4, -0.2) is 24.8 Å². The first-order valence-corrected chi connectivity index (χ1v) is 8.16. The zero-order valence-electron chi connectivity index (χ0n) is 12.2. The Bertz CT molecular complexity index is 446. The van der Waals surface area contributed by atoms with Gasteiger partial charge in [0.15, 0.2) is 0 Å². The molecule has 1 aliphatic heterocycles. The zero-order valence-corrected chi connectivity index (χ0v) is 13.8. The molecule has 1 fully saturated rings. The average Bonchev–Trinajstić information content (AvgIpc) is 2.42. The molecule has 2 unspecified atom stereocenters. The Morgan fingerprint density at radius 3 is 2.85 bits per heavy atom. The molecule has 0 radical (unpaired) electrons. The maximum Gasteiger partial charge on any atom is 0.124 e. The molecule has 0 saturated carbocycles. The van der Waals surface area contributed by atoms with Crippen molar-refractivity contribution in [3.8, 4) is 0 Å². The number of rotatable bonds is 5. The molecule has 2 nitrogen and oxygen atoms in total. The standard InChI is InChI=1S/C16H23BrFNO/c1-3-19-15(16(2)8-4-5-9-20-16)10-12-6-7-13(18)11-14(12)17/h6-7,11,15,19H,3-5,8-10H2,1-2H3. The molecule has 0 bridgehead atoms. The van der Waals surface area contributed by atoms with Crippen molar-refractivity contribution in [2.24, 2.45) is 0 Å². The van der Waals surface area contributed by atoms with Crippen LogP contribution in [0.25, 0.3) is 0 Å². The summed E-state index contributed by atoms with van der Waals surface area (Å²) >= 11 is 3.46. The van der Waals surface area contributed by atoms with E-state index in [0.29, 0.717) is 0 Å². The van der Waals surface area contributed by atoms with Crippen LogP contribution < -0.4 is 5.32 Å². The molecule has 4 heteroatoms. The molecule has 2 atom stereocenters. The molecule has 0 amide bonds. The number of hydrogen-bond donors (Lipinski definition) is 1. The predicted octanol–water partition coefficient (Wildman–Crippen LogP) is 4.07. The van der Waals surface area contributed by atoms with Crippen LogP contribution >= 0.6 is 15.9 Å². The van der Waals surface area contributed by atoms with Crippen LogP contribution in [0, 0.1) is 5.82 Å². The molecule has 1 saturated heterocycles. The second-order valence-corrected chi connectivity index (χ2v) is 6.52. The van der Waals surface area contributed by atoms with Crippen LogP contribution in [0.2, 0.25) is 0 Å². The van der Waals surface area contributed by atoms with Gasteiger partial charge in [-0.05, 0) is 56.8 Å². The molecule has 1 aliphatic rings. The lowest BCUT2D eigenvalue weighted by Crippen LogP contribution is -2.53. The molecule has 20 heavy (non-hydrogen) atoms. The van der Waals surface area contributed by atoms with Gasteiger partial charge in [-0.3, -0.25) is 0 Å². The van der Waals surface area contributed by atoms with E-state index >= 15 is 0 Å². The van der Waals surface area contributed by atoms with Crippen LogP contribution in [-0.2, 0) is 11.2 Å². The average molecular weight is 344 g/mol. The summed E-state index contributed by atoms with van der Waals surface area (Å²) in [7, 11) is 0. The van der Waals surface area contributed by atoms with Crippen LogP contribution in [0.4, 0.5) is 4.39 Å². The fourth-order valence-electron chi connectivity index (χ4n) is 2.89. The first-order valence-electron chi connectivity index (χ1n) is 7.36. The molecule has 1 heterocycles. The zero-order chi connectivity index (χ0) is 14.6. The number of benzene rings is 1. The smallest absolute Gasteiger partial charge is 0.124 e. The maximum atomic E-state index is 13.2. The van der Waals surface area contributed by atoms with E-state index < -0.39 is 0 Å². The van der Waals surface area contributed by atoms with Crippen molar-refractivity contribution >= 4 is 15.9 Å². The van der Waals surface area contributed by atoms with E-state index in [0.717, 1.165) is 42.5 Å². The summed E-state index contributed by atoms with van der Waals surface area (Å²) < 4.78 is 20.1. The van der Waals surface area contributed by atoms with E-state index in [1.54, 1.807) is 0 Å². The summed E-state index contributed by atoms with van der Waals surface area (Å²) in [6.45, 7) is 6.04. The Balaban J connectivity index is 2.16. The molecule has 0 spiro atoms. The van der Waals surface area contributed by atoms with Crippen LogP contribution in [0.5, 0.6) is 0 Å². The van der Waals surface area contributed by atoms with Gasteiger partial charge in [-0.25, -0.2) is 4.39 Å². The van der Waals surface area contributed by atoms with E-state index in [9.17, 15) is 4.39 Å². The summed E-state index contributed by atoms with van der Waals surface area (Å²) in [6.07, 6.45) is 4.27. The van der Waals surface area contributed by atoms with Crippen molar-refractivity contribution in [2.75, 3.05) is 13.2 Å². The monoisotopic (exact) mass is 343 g/mol. The summed E-state index contributed by atoms with van der Waals surface area (Å²) in [6, 6.07) is 5.15. The van der Waals surface area contributed by atoms with Gasteiger partial charge >= 0.3 is 0 Å². The minimum absolute atomic E-state index is 0.137. The summed E-state index contributed by atoms with van der Waals surface area (Å²) in [5.74, 6) is -0.208. The van der Waals surface area contributed by atoms with Crippen LogP contribution in [0.1, 0.15) is 38.7 Å². The molecule has 0 aliphatic carbocycles. The Morgan fingerprint density at radius 2 is 2.25 bits per heavy atom. The third-order valence-corrected chi connectivity index (χ3v) is 4.86.